The Balaban J connectivity index is 1.59. The zero-order valence-electron chi connectivity index (χ0n) is 18.6. The van der Waals surface area contributed by atoms with Crippen molar-refractivity contribution in [3.63, 3.8) is 0 Å². The van der Waals surface area contributed by atoms with E-state index < -0.39 is 0 Å². The molecule has 0 aliphatic carbocycles. The summed E-state index contributed by atoms with van der Waals surface area (Å²) in [4.78, 5) is 12.3. The van der Waals surface area contributed by atoms with Crippen LogP contribution in [0.1, 0.15) is 40.4 Å². The van der Waals surface area contributed by atoms with Crippen molar-refractivity contribution < 1.29 is 19.0 Å². The molecule has 1 N–H and O–H groups in total. The number of rotatable bonds is 10. The van der Waals surface area contributed by atoms with Crippen molar-refractivity contribution in [1.29, 1.82) is 5.26 Å². The highest BCUT2D eigenvalue weighted by molar-refractivity contribution is 5.95. The number of nitriles is 1. The van der Waals surface area contributed by atoms with Crippen LogP contribution in [0.25, 0.3) is 0 Å². The molecular formula is C26H25N3O4. The molecule has 33 heavy (non-hydrogen) atoms. The number of hydrogen-bond acceptors (Lipinski definition) is 6. The van der Waals surface area contributed by atoms with Crippen molar-refractivity contribution in [2.24, 2.45) is 5.10 Å². The van der Waals surface area contributed by atoms with Crippen molar-refractivity contribution in [2.45, 2.75) is 20.0 Å². The van der Waals surface area contributed by atoms with Gasteiger partial charge in [-0.3, -0.25) is 4.79 Å². The summed E-state index contributed by atoms with van der Waals surface area (Å²) < 4.78 is 16.8. The number of hydrogen-bond donors (Lipinski definition) is 1. The number of methoxy groups -OCH3 is 1. The molecule has 3 aromatic carbocycles. The van der Waals surface area contributed by atoms with Gasteiger partial charge < -0.3 is 14.2 Å². The molecule has 7 nitrogen and oxygen atoms in total. The van der Waals surface area contributed by atoms with Gasteiger partial charge in [-0.25, -0.2) is 5.43 Å². The minimum Gasteiger partial charge on any atom is -0.494 e. The third kappa shape index (κ3) is 6.58. The molecule has 3 aromatic rings. The Morgan fingerprint density at radius 3 is 2.58 bits per heavy atom. The molecule has 0 heterocycles. The van der Waals surface area contributed by atoms with Gasteiger partial charge in [-0.1, -0.05) is 25.1 Å². The van der Waals surface area contributed by atoms with Crippen LogP contribution in [0.3, 0.4) is 0 Å². The first-order valence-corrected chi connectivity index (χ1v) is 10.5. The summed E-state index contributed by atoms with van der Waals surface area (Å²) in [5.74, 6) is 1.46. The lowest BCUT2D eigenvalue weighted by atomic mass is 10.1. The van der Waals surface area contributed by atoms with E-state index in [9.17, 15) is 10.1 Å². The maximum Gasteiger partial charge on any atom is 0.271 e. The van der Waals surface area contributed by atoms with Crippen LogP contribution in [-0.2, 0) is 6.61 Å². The molecule has 0 atom stereocenters. The van der Waals surface area contributed by atoms with E-state index in [1.807, 2.05) is 25.1 Å². The standard InChI is InChI=1S/C26H25N3O4/c1-3-14-32-23-11-9-20(10-12-23)26(30)29-28-17-19-8-13-24(25(15-19)31-2)33-18-22-7-5-4-6-21(22)16-27/h4-13,15,17H,3,14,18H2,1-2H3,(H,29,30)/b28-17-. The molecule has 0 bridgehead atoms. The molecule has 0 unspecified atom stereocenters. The fourth-order valence-corrected chi connectivity index (χ4v) is 2.95. The molecule has 168 valence electrons. The molecule has 0 fully saturated rings. The van der Waals surface area contributed by atoms with Crippen molar-refractivity contribution in [3.8, 4) is 23.3 Å². The van der Waals surface area contributed by atoms with Crippen LogP contribution >= 0.6 is 0 Å². The Labute approximate surface area is 193 Å². The van der Waals surface area contributed by atoms with Crippen molar-refractivity contribution in [3.05, 3.63) is 89.0 Å². The summed E-state index contributed by atoms with van der Waals surface area (Å²) in [5.41, 5.74) is 5.07. The van der Waals surface area contributed by atoms with Gasteiger partial charge in [-0.15, -0.1) is 0 Å². The second-order valence-corrected chi connectivity index (χ2v) is 7.04. The van der Waals surface area contributed by atoms with Crippen molar-refractivity contribution in [1.82, 2.24) is 5.43 Å². The monoisotopic (exact) mass is 443 g/mol. The first kappa shape index (κ1) is 23.4. The molecule has 0 saturated heterocycles. The second-order valence-electron chi connectivity index (χ2n) is 7.04. The van der Waals surface area contributed by atoms with Gasteiger partial charge in [0.05, 0.1) is 31.6 Å². The molecular weight excluding hydrogens is 418 g/mol. The van der Waals surface area contributed by atoms with Gasteiger partial charge >= 0.3 is 0 Å². The molecule has 0 aliphatic rings. The SMILES string of the molecule is CCCOc1ccc(C(=O)N/N=C\c2ccc(OCc3ccccc3C#N)c(OC)c2)cc1. The fourth-order valence-electron chi connectivity index (χ4n) is 2.95. The summed E-state index contributed by atoms with van der Waals surface area (Å²) >= 11 is 0. The van der Waals surface area contributed by atoms with Gasteiger partial charge in [0, 0.05) is 11.1 Å². The minimum atomic E-state index is -0.323. The summed E-state index contributed by atoms with van der Waals surface area (Å²) in [6.45, 7) is 2.91. The van der Waals surface area contributed by atoms with Gasteiger partial charge in [-0.2, -0.15) is 10.4 Å². The molecule has 0 aromatic heterocycles. The number of benzene rings is 3. The smallest absolute Gasteiger partial charge is 0.271 e. The lowest BCUT2D eigenvalue weighted by molar-refractivity contribution is 0.0955. The molecule has 7 heteroatoms. The number of nitrogens with zero attached hydrogens (tertiary/aromatic N) is 2. The van der Waals surface area contributed by atoms with Gasteiger partial charge in [0.1, 0.15) is 12.4 Å². The van der Waals surface area contributed by atoms with E-state index in [2.05, 4.69) is 16.6 Å². The van der Waals surface area contributed by atoms with E-state index >= 15 is 0 Å². The summed E-state index contributed by atoms with van der Waals surface area (Å²) in [7, 11) is 1.54. The highest BCUT2D eigenvalue weighted by Crippen LogP contribution is 2.28. The van der Waals surface area contributed by atoms with Crippen LogP contribution in [-0.4, -0.2) is 25.8 Å². The normalized spacial score (nSPS) is 10.5. The van der Waals surface area contributed by atoms with Crippen molar-refractivity contribution in [2.75, 3.05) is 13.7 Å². The molecule has 1 amide bonds. The van der Waals surface area contributed by atoms with E-state index in [4.69, 9.17) is 14.2 Å². The number of carbonyl (C=O) groups is 1. The average molecular weight is 444 g/mol. The van der Waals surface area contributed by atoms with Gasteiger partial charge in [-0.05, 0) is 60.5 Å². The van der Waals surface area contributed by atoms with Crippen LogP contribution < -0.4 is 19.6 Å². The summed E-state index contributed by atoms with van der Waals surface area (Å²) in [6, 6.07) is 21.6. The molecule has 3 rings (SSSR count). The Morgan fingerprint density at radius 2 is 1.85 bits per heavy atom. The fraction of sp³-hybridized carbons (Fsp3) is 0.192. The van der Waals surface area contributed by atoms with Crippen LogP contribution in [0.4, 0.5) is 0 Å². The van der Waals surface area contributed by atoms with Gasteiger partial charge in [0.25, 0.3) is 5.91 Å². The molecule has 0 spiro atoms. The van der Waals surface area contributed by atoms with E-state index in [1.54, 1.807) is 55.6 Å². The van der Waals surface area contributed by atoms with Crippen LogP contribution in [0.5, 0.6) is 17.2 Å². The maximum atomic E-state index is 12.3. The average Bonchev–Trinajstić information content (AvgIpc) is 2.86. The molecule has 0 saturated carbocycles. The predicted octanol–water partition coefficient (Wildman–Crippen LogP) is 4.70. The minimum absolute atomic E-state index is 0.242. The van der Waals surface area contributed by atoms with E-state index in [0.717, 1.165) is 23.3 Å². The zero-order valence-corrected chi connectivity index (χ0v) is 18.6. The van der Waals surface area contributed by atoms with Crippen molar-refractivity contribution >= 4 is 12.1 Å². The first-order valence-electron chi connectivity index (χ1n) is 10.5. The molecule has 0 aliphatic heterocycles. The number of amides is 1. The third-order valence-electron chi connectivity index (χ3n) is 4.68. The highest BCUT2D eigenvalue weighted by Gasteiger charge is 2.08. The summed E-state index contributed by atoms with van der Waals surface area (Å²) in [6.07, 6.45) is 2.44. The quantitative estimate of drug-likeness (QED) is 0.362. The highest BCUT2D eigenvalue weighted by atomic mass is 16.5. The molecule has 0 radical (unpaired) electrons. The van der Waals surface area contributed by atoms with Crippen LogP contribution in [0.2, 0.25) is 0 Å². The van der Waals surface area contributed by atoms with Crippen LogP contribution in [0.15, 0.2) is 71.8 Å². The van der Waals surface area contributed by atoms with E-state index in [-0.39, 0.29) is 12.5 Å². The second kappa shape index (κ2) is 11.9. The van der Waals surface area contributed by atoms with E-state index in [1.165, 1.54) is 6.21 Å². The maximum absolute atomic E-state index is 12.3. The number of carbonyl (C=O) groups excluding carboxylic acids is 1. The predicted molar refractivity (Wildman–Crippen MR) is 126 cm³/mol. The Kier molecular flexibility index (Phi) is 8.43. The third-order valence-corrected chi connectivity index (χ3v) is 4.68. The van der Waals surface area contributed by atoms with E-state index in [0.29, 0.717) is 29.2 Å². The zero-order chi connectivity index (χ0) is 23.5. The number of hydrazone groups is 1. The number of ether oxygens (including phenoxy) is 3. The Hall–Kier alpha value is -4.31. The summed E-state index contributed by atoms with van der Waals surface area (Å²) in [5, 5.41) is 13.2. The lowest BCUT2D eigenvalue weighted by Crippen LogP contribution is -2.17. The first-order chi connectivity index (χ1) is 16.1. The Morgan fingerprint density at radius 1 is 1.06 bits per heavy atom. The van der Waals surface area contributed by atoms with Gasteiger partial charge in [0.15, 0.2) is 11.5 Å². The largest absolute Gasteiger partial charge is 0.494 e. The lowest BCUT2D eigenvalue weighted by Gasteiger charge is -2.12. The van der Waals surface area contributed by atoms with Gasteiger partial charge in [0.2, 0.25) is 0 Å². The number of nitrogens with one attached hydrogen (secondary N) is 1. The topological polar surface area (TPSA) is 92.9 Å². The van der Waals surface area contributed by atoms with Crippen LogP contribution in [0, 0.1) is 11.3 Å². The Bertz CT molecular complexity index is 1150.